The molecule has 0 radical (unpaired) electrons. The molecule has 2 unspecified atom stereocenters. The first-order chi connectivity index (χ1) is 7.33. The largest absolute Gasteiger partial charge is 0.309 e. The molecule has 2 heteroatoms. The van der Waals surface area contributed by atoms with E-state index in [1.54, 1.807) is 11.1 Å². The van der Waals surface area contributed by atoms with Gasteiger partial charge in [-0.2, -0.15) is 0 Å². The minimum absolute atomic E-state index is 1.04. The first-order valence-electron chi connectivity index (χ1n) is 6.43. The van der Waals surface area contributed by atoms with E-state index in [9.17, 15) is 0 Å². The number of likely N-dealkylation sites (tertiary alicyclic amines) is 1. The number of hydrogen-bond donors (Lipinski definition) is 1. The van der Waals surface area contributed by atoms with Crippen molar-refractivity contribution in [1.82, 2.24) is 10.2 Å². The fourth-order valence-electron chi connectivity index (χ4n) is 3.46. The van der Waals surface area contributed by atoms with Gasteiger partial charge in [-0.05, 0) is 37.2 Å². The molecule has 2 heterocycles. The van der Waals surface area contributed by atoms with Crippen LogP contribution in [-0.4, -0.2) is 37.6 Å². The molecule has 15 heavy (non-hydrogen) atoms. The summed E-state index contributed by atoms with van der Waals surface area (Å²) in [5.41, 5.74) is 3.29. The number of nitrogens with one attached hydrogen (secondary N) is 1. The van der Waals surface area contributed by atoms with Gasteiger partial charge in [-0.15, -0.1) is 0 Å². The summed E-state index contributed by atoms with van der Waals surface area (Å²) in [5.74, 6) is 2.09. The number of rotatable bonds is 2. The summed E-state index contributed by atoms with van der Waals surface area (Å²) in [6.45, 7) is 8.61. The van der Waals surface area contributed by atoms with E-state index in [0.717, 1.165) is 24.9 Å². The van der Waals surface area contributed by atoms with Gasteiger partial charge in [0.25, 0.3) is 0 Å². The van der Waals surface area contributed by atoms with Crippen molar-refractivity contribution < 1.29 is 0 Å². The van der Waals surface area contributed by atoms with Crippen LogP contribution in [0.5, 0.6) is 0 Å². The summed E-state index contributed by atoms with van der Waals surface area (Å²) < 4.78 is 0. The van der Waals surface area contributed by atoms with Gasteiger partial charge in [-0.1, -0.05) is 12.0 Å². The van der Waals surface area contributed by atoms with Crippen LogP contribution in [0.4, 0.5) is 0 Å². The quantitative estimate of drug-likeness (QED) is 0.691. The third-order valence-electron chi connectivity index (χ3n) is 4.54. The minimum Gasteiger partial charge on any atom is -0.309 e. The predicted octanol–water partition coefficient (Wildman–Crippen LogP) is 1.64. The lowest BCUT2D eigenvalue weighted by Crippen LogP contribution is -2.36. The molecule has 1 aliphatic carbocycles. The third-order valence-corrected chi connectivity index (χ3v) is 4.54. The maximum Gasteiger partial charge on any atom is 0.0193 e. The van der Waals surface area contributed by atoms with Crippen molar-refractivity contribution in [1.29, 1.82) is 0 Å². The van der Waals surface area contributed by atoms with Gasteiger partial charge in [0.05, 0.1) is 0 Å². The molecule has 3 rings (SSSR count). The molecule has 1 N–H and O–H groups in total. The molecule has 3 aliphatic rings. The molecule has 3 fully saturated rings. The van der Waals surface area contributed by atoms with E-state index in [1.807, 2.05) is 0 Å². The molecule has 2 nitrogen and oxygen atoms in total. The summed E-state index contributed by atoms with van der Waals surface area (Å²) in [5, 5.41) is 3.33. The van der Waals surface area contributed by atoms with Crippen LogP contribution in [0.15, 0.2) is 11.1 Å². The molecule has 0 aromatic carbocycles. The fourth-order valence-corrected chi connectivity index (χ4v) is 3.46. The van der Waals surface area contributed by atoms with E-state index in [4.69, 9.17) is 0 Å². The molecule has 0 aromatic rings. The van der Waals surface area contributed by atoms with Gasteiger partial charge in [0, 0.05) is 32.7 Å². The van der Waals surface area contributed by atoms with Crippen LogP contribution in [0.3, 0.4) is 0 Å². The lowest BCUT2D eigenvalue weighted by atomic mass is 10.0. The van der Waals surface area contributed by atoms with E-state index >= 15 is 0 Å². The molecular weight excluding hydrogens is 184 g/mol. The number of nitrogens with zero attached hydrogens (tertiary/aromatic N) is 1. The lowest BCUT2D eigenvalue weighted by Gasteiger charge is -2.25. The summed E-state index contributed by atoms with van der Waals surface area (Å²) in [7, 11) is 0. The van der Waals surface area contributed by atoms with Gasteiger partial charge in [-0.3, -0.25) is 4.90 Å². The van der Waals surface area contributed by atoms with Gasteiger partial charge in [-0.25, -0.2) is 0 Å². The zero-order valence-electron chi connectivity index (χ0n) is 9.76. The maximum atomic E-state index is 3.33. The zero-order chi connectivity index (χ0) is 10.3. The van der Waals surface area contributed by atoms with Crippen LogP contribution in [0.2, 0.25) is 0 Å². The van der Waals surface area contributed by atoms with Gasteiger partial charge >= 0.3 is 0 Å². The predicted molar refractivity (Wildman–Crippen MR) is 62.8 cm³/mol. The molecule has 2 aliphatic heterocycles. The normalized spacial score (nSPS) is 35.4. The molecule has 0 aromatic heterocycles. The molecule has 1 saturated carbocycles. The monoisotopic (exact) mass is 206 g/mol. The fraction of sp³-hybridized carbons (Fsp3) is 0.846. The summed E-state index contributed by atoms with van der Waals surface area (Å²) in [4.78, 5) is 2.69. The van der Waals surface area contributed by atoms with Crippen molar-refractivity contribution in [2.75, 3.05) is 32.7 Å². The molecule has 84 valence electrons. The van der Waals surface area contributed by atoms with Crippen molar-refractivity contribution in [2.45, 2.75) is 26.2 Å². The highest BCUT2D eigenvalue weighted by molar-refractivity contribution is 5.22. The summed E-state index contributed by atoms with van der Waals surface area (Å²) in [6, 6.07) is 0. The van der Waals surface area contributed by atoms with Crippen LogP contribution >= 0.6 is 0 Å². The Morgan fingerprint density at radius 2 is 1.93 bits per heavy atom. The molecular formula is C13H22N2. The average Bonchev–Trinajstić information content (AvgIpc) is 2.58. The Morgan fingerprint density at radius 3 is 2.47 bits per heavy atom. The molecule has 0 spiro atoms. The Kier molecular flexibility index (Phi) is 2.57. The third kappa shape index (κ3) is 1.85. The zero-order valence-corrected chi connectivity index (χ0v) is 9.76. The van der Waals surface area contributed by atoms with Crippen molar-refractivity contribution in [3.8, 4) is 0 Å². The van der Waals surface area contributed by atoms with Gasteiger partial charge in [0.15, 0.2) is 0 Å². The second-order valence-electron chi connectivity index (χ2n) is 5.63. The van der Waals surface area contributed by atoms with E-state index < -0.39 is 0 Å². The van der Waals surface area contributed by atoms with Crippen LogP contribution in [-0.2, 0) is 0 Å². The van der Waals surface area contributed by atoms with Gasteiger partial charge in [0.1, 0.15) is 0 Å². The van der Waals surface area contributed by atoms with Crippen LogP contribution in [0.1, 0.15) is 26.2 Å². The molecule has 0 amide bonds. The second kappa shape index (κ2) is 3.91. The van der Waals surface area contributed by atoms with Crippen LogP contribution in [0, 0.1) is 11.8 Å². The van der Waals surface area contributed by atoms with Crippen molar-refractivity contribution in [2.24, 2.45) is 11.8 Å². The Balaban J connectivity index is 1.57. The highest BCUT2D eigenvalue weighted by Gasteiger charge is 2.35. The maximum absolute atomic E-state index is 3.33. The van der Waals surface area contributed by atoms with E-state index in [-0.39, 0.29) is 0 Å². The lowest BCUT2D eigenvalue weighted by molar-refractivity contribution is 0.334. The smallest absolute Gasteiger partial charge is 0.0193 e. The van der Waals surface area contributed by atoms with Gasteiger partial charge in [0.2, 0.25) is 0 Å². The highest BCUT2D eigenvalue weighted by Crippen LogP contribution is 2.37. The SMILES string of the molecule is CC(CN1CC2CCCC2C1)=C1CNC1. The van der Waals surface area contributed by atoms with Crippen molar-refractivity contribution >= 4 is 0 Å². The molecule has 0 bridgehead atoms. The second-order valence-corrected chi connectivity index (χ2v) is 5.63. The van der Waals surface area contributed by atoms with E-state index in [1.165, 1.54) is 38.9 Å². The van der Waals surface area contributed by atoms with Gasteiger partial charge < -0.3 is 5.32 Å². The summed E-state index contributed by atoms with van der Waals surface area (Å²) in [6.07, 6.45) is 4.49. The topological polar surface area (TPSA) is 15.3 Å². The van der Waals surface area contributed by atoms with Crippen molar-refractivity contribution in [3.63, 3.8) is 0 Å². The van der Waals surface area contributed by atoms with Crippen LogP contribution < -0.4 is 5.32 Å². The Morgan fingerprint density at radius 1 is 1.27 bits per heavy atom. The summed E-state index contributed by atoms with van der Waals surface area (Å²) >= 11 is 0. The Hall–Kier alpha value is -0.340. The molecule has 2 saturated heterocycles. The van der Waals surface area contributed by atoms with E-state index in [0.29, 0.717) is 0 Å². The highest BCUT2D eigenvalue weighted by atomic mass is 15.2. The number of fused-ring (bicyclic) bond motifs is 1. The first kappa shape index (κ1) is 9.86. The first-order valence-corrected chi connectivity index (χ1v) is 6.43. The molecule has 2 atom stereocenters. The van der Waals surface area contributed by atoms with Crippen molar-refractivity contribution in [3.05, 3.63) is 11.1 Å². The minimum atomic E-state index is 1.04. The number of hydrogen-bond acceptors (Lipinski definition) is 2. The van der Waals surface area contributed by atoms with E-state index in [2.05, 4.69) is 17.1 Å². The van der Waals surface area contributed by atoms with Crippen LogP contribution in [0.25, 0.3) is 0 Å². The standard InChI is InChI=1S/C13H22N2/c1-10(13-5-14-6-13)7-15-8-11-3-2-4-12(11)9-15/h11-12,14H,2-9H2,1H3. The Labute approximate surface area is 92.7 Å². The Bertz CT molecular complexity index is 264. The average molecular weight is 206 g/mol.